The molecule has 1 aliphatic heterocycles. The summed E-state index contributed by atoms with van der Waals surface area (Å²) in [7, 11) is -3.37. The number of benzene rings is 1. The van der Waals surface area contributed by atoms with Gasteiger partial charge in [0.25, 0.3) is 0 Å². The molecule has 0 unspecified atom stereocenters. The second-order valence-electron chi connectivity index (χ2n) is 6.47. The minimum atomic E-state index is -3.37. The van der Waals surface area contributed by atoms with Gasteiger partial charge in [-0.2, -0.15) is 0 Å². The van der Waals surface area contributed by atoms with Crippen molar-refractivity contribution in [3.8, 4) is 0 Å². The van der Waals surface area contributed by atoms with Crippen LogP contribution in [0.15, 0.2) is 30.3 Å². The highest BCUT2D eigenvalue weighted by molar-refractivity contribution is 7.88. The SMILES string of the molecule is C[C@@H](NS(C)(=O)=O)C(=O)NC1CCN(CCc2ccccc2)CC1. The Morgan fingerprint density at radius 1 is 1.25 bits per heavy atom. The van der Waals surface area contributed by atoms with E-state index in [1.165, 1.54) is 5.56 Å². The van der Waals surface area contributed by atoms with Crippen LogP contribution in [0.3, 0.4) is 0 Å². The van der Waals surface area contributed by atoms with Crippen LogP contribution in [0, 0.1) is 0 Å². The quantitative estimate of drug-likeness (QED) is 0.758. The maximum Gasteiger partial charge on any atom is 0.238 e. The van der Waals surface area contributed by atoms with Crippen molar-refractivity contribution in [2.24, 2.45) is 0 Å². The maximum atomic E-state index is 12.0. The van der Waals surface area contributed by atoms with E-state index in [1.54, 1.807) is 6.92 Å². The van der Waals surface area contributed by atoms with E-state index in [0.29, 0.717) is 0 Å². The first-order chi connectivity index (χ1) is 11.3. The normalized spacial score (nSPS) is 18.2. The number of likely N-dealkylation sites (tertiary alicyclic amines) is 1. The molecule has 1 heterocycles. The van der Waals surface area contributed by atoms with E-state index in [1.807, 2.05) is 6.07 Å². The van der Waals surface area contributed by atoms with Gasteiger partial charge in [-0.1, -0.05) is 30.3 Å². The molecule has 1 aliphatic rings. The van der Waals surface area contributed by atoms with Crippen LogP contribution < -0.4 is 10.0 Å². The summed E-state index contributed by atoms with van der Waals surface area (Å²) in [5.74, 6) is -0.261. The highest BCUT2D eigenvalue weighted by Crippen LogP contribution is 2.12. The average molecular weight is 353 g/mol. The number of nitrogens with one attached hydrogen (secondary N) is 2. The predicted octanol–water partition coefficient (Wildman–Crippen LogP) is 0.747. The zero-order chi connectivity index (χ0) is 17.6. The second kappa shape index (κ2) is 8.60. The molecule has 1 fully saturated rings. The first kappa shape index (κ1) is 18.9. The Hall–Kier alpha value is -1.44. The third-order valence-electron chi connectivity index (χ3n) is 4.28. The lowest BCUT2D eigenvalue weighted by molar-refractivity contribution is -0.123. The summed E-state index contributed by atoms with van der Waals surface area (Å²) in [6.07, 6.45) is 3.88. The lowest BCUT2D eigenvalue weighted by Gasteiger charge is -2.32. The van der Waals surface area contributed by atoms with E-state index in [0.717, 1.165) is 45.2 Å². The standard InChI is InChI=1S/C17H27N3O3S/c1-14(19-24(2,22)23)17(21)18-16-9-12-20(13-10-16)11-8-15-6-4-3-5-7-15/h3-7,14,16,19H,8-13H2,1-2H3,(H,18,21)/t14-/m1/s1. The highest BCUT2D eigenvalue weighted by Gasteiger charge is 2.23. The zero-order valence-corrected chi connectivity index (χ0v) is 15.2. The fourth-order valence-corrected chi connectivity index (χ4v) is 3.68. The van der Waals surface area contributed by atoms with Crippen LogP contribution in [0.4, 0.5) is 0 Å². The monoisotopic (exact) mass is 353 g/mol. The summed E-state index contributed by atoms with van der Waals surface area (Å²) in [5.41, 5.74) is 1.34. The van der Waals surface area contributed by atoms with Crippen LogP contribution in [-0.4, -0.2) is 57.2 Å². The van der Waals surface area contributed by atoms with Crippen molar-refractivity contribution in [2.75, 3.05) is 25.9 Å². The lowest BCUT2D eigenvalue weighted by Crippen LogP contribution is -2.51. The minimum absolute atomic E-state index is 0.120. The van der Waals surface area contributed by atoms with Crippen molar-refractivity contribution in [2.45, 2.75) is 38.3 Å². The Balaban J connectivity index is 1.69. The topological polar surface area (TPSA) is 78.5 Å². The molecule has 24 heavy (non-hydrogen) atoms. The summed E-state index contributed by atoms with van der Waals surface area (Å²) in [6.45, 7) is 4.49. The molecular formula is C17H27N3O3S. The molecule has 0 aromatic heterocycles. The van der Waals surface area contributed by atoms with Crippen LogP contribution in [0.1, 0.15) is 25.3 Å². The van der Waals surface area contributed by atoms with E-state index in [4.69, 9.17) is 0 Å². The van der Waals surface area contributed by atoms with Gasteiger partial charge in [-0.3, -0.25) is 4.79 Å². The lowest BCUT2D eigenvalue weighted by atomic mass is 10.0. The minimum Gasteiger partial charge on any atom is -0.352 e. The Kier molecular flexibility index (Phi) is 6.77. The van der Waals surface area contributed by atoms with Crippen molar-refractivity contribution in [1.82, 2.24) is 14.9 Å². The van der Waals surface area contributed by atoms with Gasteiger partial charge in [-0.15, -0.1) is 0 Å². The number of carbonyl (C=O) groups excluding carboxylic acids is 1. The van der Waals surface area contributed by atoms with Crippen molar-refractivity contribution in [3.63, 3.8) is 0 Å². The molecule has 7 heteroatoms. The first-order valence-electron chi connectivity index (χ1n) is 8.37. The summed E-state index contributed by atoms with van der Waals surface area (Å²) < 4.78 is 24.7. The van der Waals surface area contributed by atoms with Crippen molar-refractivity contribution >= 4 is 15.9 Å². The number of amides is 1. The van der Waals surface area contributed by atoms with E-state index in [2.05, 4.69) is 39.2 Å². The molecule has 134 valence electrons. The number of nitrogens with zero attached hydrogens (tertiary/aromatic N) is 1. The van der Waals surface area contributed by atoms with Gasteiger partial charge in [-0.05, 0) is 31.7 Å². The third-order valence-corrected chi connectivity index (χ3v) is 5.06. The van der Waals surface area contributed by atoms with Gasteiger partial charge in [0, 0.05) is 25.7 Å². The Morgan fingerprint density at radius 3 is 2.46 bits per heavy atom. The number of rotatable bonds is 7. The van der Waals surface area contributed by atoms with E-state index < -0.39 is 16.1 Å². The van der Waals surface area contributed by atoms with E-state index >= 15 is 0 Å². The fraction of sp³-hybridized carbons (Fsp3) is 0.588. The van der Waals surface area contributed by atoms with Crippen LogP contribution in [0.5, 0.6) is 0 Å². The molecule has 0 saturated carbocycles. The molecule has 1 aromatic rings. The van der Waals surface area contributed by atoms with Crippen LogP contribution in [0.2, 0.25) is 0 Å². The first-order valence-corrected chi connectivity index (χ1v) is 10.3. The predicted molar refractivity (Wildman–Crippen MR) is 95.2 cm³/mol. The summed E-state index contributed by atoms with van der Waals surface area (Å²) in [6, 6.07) is 9.81. The maximum absolute atomic E-state index is 12.0. The van der Waals surface area contributed by atoms with Gasteiger partial charge in [0.05, 0.1) is 12.3 Å². The molecule has 2 rings (SSSR count). The number of sulfonamides is 1. The summed E-state index contributed by atoms with van der Waals surface area (Å²) >= 11 is 0. The molecule has 1 aromatic carbocycles. The number of hydrogen-bond acceptors (Lipinski definition) is 4. The van der Waals surface area contributed by atoms with E-state index in [-0.39, 0.29) is 11.9 Å². The smallest absolute Gasteiger partial charge is 0.238 e. The molecule has 0 bridgehead atoms. The third kappa shape index (κ3) is 6.59. The Bertz CT molecular complexity index is 626. The van der Waals surface area contributed by atoms with Crippen molar-refractivity contribution in [1.29, 1.82) is 0 Å². The number of piperidine rings is 1. The molecule has 1 saturated heterocycles. The molecule has 0 aliphatic carbocycles. The molecule has 6 nitrogen and oxygen atoms in total. The van der Waals surface area contributed by atoms with Crippen LogP contribution in [0.25, 0.3) is 0 Å². The zero-order valence-electron chi connectivity index (χ0n) is 14.4. The fourth-order valence-electron chi connectivity index (χ4n) is 2.93. The molecule has 1 amide bonds. The van der Waals surface area contributed by atoms with Crippen LogP contribution in [-0.2, 0) is 21.2 Å². The highest BCUT2D eigenvalue weighted by atomic mass is 32.2. The molecule has 0 spiro atoms. The molecule has 1 atom stereocenters. The van der Waals surface area contributed by atoms with Gasteiger partial charge in [0.1, 0.15) is 0 Å². The number of hydrogen-bond donors (Lipinski definition) is 2. The average Bonchev–Trinajstić information content (AvgIpc) is 2.53. The second-order valence-corrected chi connectivity index (χ2v) is 8.25. The molecule has 0 radical (unpaired) electrons. The largest absolute Gasteiger partial charge is 0.352 e. The van der Waals surface area contributed by atoms with Crippen molar-refractivity contribution < 1.29 is 13.2 Å². The van der Waals surface area contributed by atoms with Gasteiger partial charge in [0.2, 0.25) is 15.9 Å². The Labute approximate surface area is 144 Å². The Morgan fingerprint density at radius 2 is 1.88 bits per heavy atom. The molecular weight excluding hydrogens is 326 g/mol. The summed E-state index contributed by atoms with van der Waals surface area (Å²) in [4.78, 5) is 14.4. The van der Waals surface area contributed by atoms with Gasteiger partial charge in [-0.25, -0.2) is 13.1 Å². The van der Waals surface area contributed by atoms with Gasteiger partial charge >= 0.3 is 0 Å². The molecule has 2 N–H and O–H groups in total. The summed E-state index contributed by atoms with van der Waals surface area (Å²) in [5, 5.41) is 2.94. The van der Waals surface area contributed by atoms with Gasteiger partial charge in [0.15, 0.2) is 0 Å². The van der Waals surface area contributed by atoms with Crippen molar-refractivity contribution in [3.05, 3.63) is 35.9 Å². The van der Waals surface area contributed by atoms with Gasteiger partial charge < -0.3 is 10.2 Å². The van der Waals surface area contributed by atoms with Crippen LogP contribution >= 0.6 is 0 Å². The number of carbonyl (C=O) groups is 1. The van der Waals surface area contributed by atoms with E-state index in [9.17, 15) is 13.2 Å².